The third kappa shape index (κ3) is 4.80. The number of nitrogens with two attached hydrogens (primary N) is 1. The maximum Gasteiger partial charge on any atom is 0.277 e. The van der Waals surface area contributed by atoms with E-state index in [4.69, 9.17) is 20.4 Å². The summed E-state index contributed by atoms with van der Waals surface area (Å²) in [5, 5.41) is 11.2. The minimum atomic E-state index is -0.500. The molecule has 5 rings (SSSR count). The van der Waals surface area contributed by atoms with Gasteiger partial charge in [0.1, 0.15) is 24.4 Å². The Bertz CT molecular complexity index is 1530. The summed E-state index contributed by atoms with van der Waals surface area (Å²) in [6.45, 7) is 0.430. The van der Waals surface area contributed by atoms with Crippen LogP contribution in [0.5, 0.6) is 5.75 Å². The molecule has 4 N–H and O–H groups in total. The van der Waals surface area contributed by atoms with Crippen LogP contribution in [0.4, 0.5) is 5.82 Å². The Morgan fingerprint density at radius 2 is 1.97 bits per heavy atom. The van der Waals surface area contributed by atoms with Gasteiger partial charge in [-0.2, -0.15) is 0 Å². The lowest BCUT2D eigenvalue weighted by Crippen LogP contribution is -2.38. The fourth-order valence-electron chi connectivity index (χ4n) is 4.04. The summed E-state index contributed by atoms with van der Waals surface area (Å²) in [6.07, 6.45) is 1.71. The van der Waals surface area contributed by atoms with Gasteiger partial charge in [-0.25, -0.2) is 19.1 Å². The quantitative estimate of drug-likeness (QED) is 0.235. The van der Waals surface area contributed by atoms with E-state index in [2.05, 4.69) is 41.5 Å². The molecule has 5 aromatic rings. The number of imidazole rings is 1. The van der Waals surface area contributed by atoms with Gasteiger partial charge < -0.3 is 30.7 Å². The number of rotatable bonds is 6. The third-order valence-electron chi connectivity index (χ3n) is 5.75. The second kappa shape index (κ2) is 10.6. The summed E-state index contributed by atoms with van der Waals surface area (Å²) in [4.78, 5) is 32.7. The Morgan fingerprint density at radius 1 is 1.22 bits per heavy atom. The number of anilines is 1. The van der Waals surface area contributed by atoms with Crippen LogP contribution in [0, 0.1) is 0 Å². The number of benzene rings is 2. The smallest absolute Gasteiger partial charge is 0.277 e. The number of aromatic nitrogens is 5. The minimum Gasteiger partial charge on any atom is -0.554 e. The maximum atomic E-state index is 13.0. The van der Waals surface area contributed by atoms with E-state index in [0.717, 1.165) is 28.2 Å². The van der Waals surface area contributed by atoms with Crippen molar-refractivity contribution in [1.29, 1.82) is 0 Å². The molecule has 0 aliphatic rings. The number of H-pyrrole nitrogens is 1. The summed E-state index contributed by atoms with van der Waals surface area (Å²) in [7, 11) is 3.64. The van der Waals surface area contributed by atoms with Crippen molar-refractivity contribution < 1.29 is 24.0 Å². The van der Waals surface area contributed by atoms with Crippen LogP contribution in [0.1, 0.15) is 21.9 Å². The molecule has 0 fully saturated rings. The molecule has 0 spiro atoms. The molecule has 1 amide bonds. The number of carbonyl (C=O) groups is 2. The molecule has 2 aromatic carbocycles. The highest BCUT2D eigenvalue weighted by molar-refractivity contribution is 5.98. The van der Waals surface area contributed by atoms with E-state index in [1.165, 1.54) is 0 Å². The van der Waals surface area contributed by atoms with E-state index in [0.29, 0.717) is 17.7 Å². The van der Waals surface area contributed by atoms with E-state index < -0.39 is 6.47 Å². The summed E-state index contributed by atoms with van der Waals surface area (Å²) in [5.41, 5.74) is 10.4. The number of nitrogens with one attached hydrogen (secondary N) is 2. The lowest BCUT2D eigenvalue weighted by Gasteiger charge is -2.07. The molecular weight excluding hydrogens is 462 g/mol. The van der Waals surface area contributed by atoms with Gasteiger partial charge in [0.25, 0.3) is 11.7 Å². The molecule has 0 saturated carbocycles. The fourth-order valence-corrected chi connectivity index (χ4v) is 4.04. The SMILES string of the molecule is COc1ccc2c(c1)n(Cc1ccccc1)c(CNC(=O)c1nc3cc[nH]c3nc1N)[n+]2C.O=C[O-]. The highest BCUT2D eigenvalue weighted by atomic mass is 16.5. The molecule has 3 heterocycles. The summed E-state index contributed by atoms with van der Waals surface area (Å²) < 4.78 is 9.70. The number of nitrogen functional groups attached to an aromatic ring is 1. The number of carboxylic acid groups (broad SMARTS) is 1. The number of nitrogens with zero attached hydrogens (tertiary/aromatic N) is 4. The van der Waals surface area contributed by atoms with Crippen molar-refractivity contribution in [3.8, 4) is 5.75 Å². The average Bonchev–Trinajstić information content (AvgIpc) is 3.44. The zero-order chi connectivity index (χ0) is 25.7. The number of amides is 1. The Labute approximate surface area is 206 Å². The first-order chi connectivity index (χ1) is 17.5. The minimum absolute atomic E-state index is 0.0846. The molecule has 0 aliphatic carbocycles. The monoisotopic (exact) mass is 487 g/mol. The highest BCUT2D eigenvalue weighted by Crippen LogP contribution is 2.22. The second-order valence-corrected chi connectivity index (χ2v) is 7.85. The van der Waals surface area contributed by atoms with Gasteiger partial charge in [0.2, 0.25) is 0 Å². The first kappa shape index (κ1) is 24.2. The summed E-state index contributed by atoms with van der Waals surface area (Å²) in [5.74, 6) is 1.40. The molecule has 0 atom stereocenters. The van der Waals surface area contributed by atoms with Crippen LogP contribution in [0.25, 0.3) is 22.2 Å². The van der Waals surface area contributed by atoms with Gasteiger partial charge in [-0.3, -0.25) is 4.79 Å². The number of hydrogen-bond acceptors (Lipinski definition) is 7. The van der Waals surface area contributed by atoms with Crippen molar-refractivity contribution in [3.05, 3.63) is 77.9 Å². The first-order valence-electron chi connectivity index (χ1n) is 11.0. The van der Waals surface area contributed by atoms with Crippen molar-refractivity contribution in [2.24, 2.45) is 7.05 Å². The van der Waals surface area contributed by atoms with Crippen LogP contribution in [-0.2, 0) is 24.9 Å². The Morgan fingerprint density at radius 3 is 2.69 bits per heavy atom. The molecule has 11 heteroatoms. The second-order valence-electron chi connectivity index (χ2n) is 7.85. The summed E-state index contributed by atoms with van der Waals surface area (Å²) >= 11 is 0. The van der Waals surface area contributed by atoms with Crippen LogP contribution < -0.4 is 25.5 Å². The Balaban J connectivity index is 0.000000967. The van der Waals surface area contributed by atoms with Crippen molar-refractivity contribution in [2.45, 2.75) is 13.1 Å². The van der Waals surface area contributed by atoms with Gasteiger partial charge >= 0.3 is 0 Å². The predicted molar refractivity (Wildman–Crippen MR) is 131 cm³/mol. The third-order valence-corrected chi connectivity index (χ3v) is 5.75. The van der Waals surface area contributed by atoms with Gasteiger partial charge in [-0.1, -0.05) is 30.3 Å². The average molecular weight is 488 g/mol. The highest BCUT2D eigenvalue weighted by Gasteiger charge is 2.25. The van der Waals surface area contributed by atoms with Crippen LogP contribution in [0.15, 0.2) is 60.8 Å². The first-order valence-corrected chi connectivity index (χ1v) is 11.0. The molecule has 0 bridgehead atoms. The molecule has 184 valence electrons. The molecule has 3 aromatic heterocycles. The van der Waals surface area contributed by atoms with Crippen LogP contribution in [0.3, 0.4) is 0 Å². The Kier molecular flexibility index (Phi) is 7.10. The number of aryl methyl sites for hydroxylation is 1. The standard InChI is InChI=1S/C24H23N7O2.CH2O2/c1-30-18-9-8-16(33-2)12-19(18)31(14-15-6-4-3-5-7-15)20(30)13-27-24(32)21-22(25)29-23-17(28-21)10-11-26-23;2-1-3/h3-12H,13-14H2,1-2H3,(H3-,25,26,27,28,29,32);1H,(H,2,3). The fraction of sp³-hybridized carbons (Fsp3) is 0.160. The molecular formula is C25H25N7O4. The van der Waals surface area contributed by atoms with E-state index in [1.807, 2.05) is 43.4 Å². The number of aromatic amines is 1. The number of carbonyl (C=O) groups excluding carboxylic acids is 2. The van der Waals surface area contributed by atoms with Gasteiger partial charge in [-0.15, -0.1) is 0 Å². The van der Waals surface area contributed by atoms with Crippen molar-refractivity contribution in [2.75, 3.05) is 12.8 Å². The van der Waals surface area contributed by atoms with Gasteiger partial charge in [0.05, 0.1) is 14.2 Å². The topological polar surface area (TPSA) is 155 Å². The molecule has 0 unspecified atom stereocenters. The summed E-state index contributed by atoms with van der Waals surface area (Å²) in [6, 6.07) is 17.9. The molecule has 0 aliphatic heterocycles. The Hall–Kier alpha value is -4.93. The number of hydrogen-bond donors (Lipinski definition) is 3. The van der Waals surface area contributed by atoms with E-state index in [-0.39, 0.29) is 24.0 Å². The zero-order valence-electron chi connectivity index (χ0n) is 19.8. The normalized spacial score (nSPS) is 10.6. The number of methoxy groups -OCH3 is 1. The lowest BCUT2D eigenvalue weighted by molar-refractivity contribution is -0.654. The maximum absolute atomic E-state index is 13.0. The molecule has 36 heavy (non-hydrogen) atoms. The van der Waals surface area contributed by atoms with Crippen LogP contribution in [0.2, 0.25) is 0 Å². The molecule has 0 saturated heterocycles. The molecule has 0 radical (unpaired) electrons. The van der Waals surface area contributed by atoms with Gasteiger partial charge in [0.15, 0.2) is 28.2 Å². The number of fused-ring (bicyclic) bond motifs is 2. The van der Waals surface area contributed by atoms with E-state index in [9.17, 15) is 4.79 Å². The van der Waals surface area contributed by atoms with Gasteiger partial charge in [-0.05, 0) is 23.8 Å². The lowest BCUT2D eigenvalue weighted by atomic mass is 10.2. The largest absolute Gasteiger partial charge is 0.554 e. The van der Waals surface area contributed by atoms with Crippen molar-refractivity contribution >= 4 is 40.4 Å². The predicted octanol–water partition coefficient (Wildman–Crippen LogP) is 0.672. The van der Waals surface area contributed by atoms with E-state index >= 15 is 0 Å². The van der Waals surface area contributed by atoms with Crippen molar-refractivity contribution in [3.63, 3.8) is 0 Å². The van der Waals surface area contributed by atoms with Gasteiger partial charge in [0, 0.05) is 18.7 Å². The van der Waals surface area contributed by atoms with Crippen LogP contribution in [-0.4, -0.2) is 39.0 Å². The molecule has 11 nitrogen and oxygen atoms in total. The zero-order valence-corrected chi connectivity index (χ0v) is 19.8. The van der Waals surface area contributed by atoms with E-state index in [1.54, 1.807) is 19.4 Å². The van der Waals surface area contributed by atoms with Crippen LogP contribution >= 0.6 is 0 Å². The number of ether oxygens (including phenoxy) is 1. The van der Waals surface area contributed by atoms with Crippen molar-refractivity contribution in [1.82, 2.24) is 24.8 Å².